The number of non-ortho nitro benzene ring substituents is 1. The molecule has 0 saturated heterocycles. The summed E-state index contributed by atoms with van der Waals surface area (Å²) in [6, 6.07) is 7.71. The van der Waals surface area contributed by atoms with Gasteiger partial charge in [-0.3, -0.25) is 10.1 Å². The molecule has 98 valence electrons. The van der Waals surface area contributed by atoms with E-state index >= 15 is 0 Å². The van der Waals surface area contributed by atoms with Crippen LogP contribution in [0.15, 0.2) is 42.7 Å². The van der Waals surface area contributed by atoms with Crippen molar-refractivity contribution in [1.82, 2.24) is 4.57 Å². The van der Waals surface area contributed by atoms with Crippen molar-refractivity contribution in [2.24, 2.45) is 0 Å². The summed E-state index contributed by atoms with van der Waals surface area (Å²) < 4.78 is 1.92. The molecule has 0 bridgehead atoms. The van der Waals surface area contributed by atoms with E-state index < -0.39 is 10.9 Å². The molecular weight excluding hydrogens is 248 g/mol. The number of aromatic carboxylic acids is 1. The highest BCUT2D eigenvalue weighted by Crippen LogP contribution is 2.19. The predicted molar refractivity (Wildman–Crippen MR) is 68.2 cm³/mol. The number of nitro groups is 1. The van der Waals surface area contributed by atoms with E-state index in [1.807, 2.05) is 29.1 Å². The van der Waals surface area contributed by atoms with Crippen molar-refractivity contribution >= 4 is 11.7 Å². The summed E-state index contributed by atoms with van der Waals surface area (Å²) in [5.41, 5.74) is 0.371. The van der Waals surface area contributed by atoms with Gasteiger partial charge in [0.15, 0.2) is 0 Å². The van der Waals surface area contributed by atoms with Crippen molar-refractivity contribution in [3.8, 4) is 0 Å². The van der Waals surface area contributed by atoms with Crippen LogP contribution in [0.3, 0.4) is 0 Å². The largest absolute Gasteiger partial charge is 0.478 e. The van der Waals surface area contributed by atoms with E-state index in [4.69, 9.17) is 5.11 Å². The van der Waals surface area contributed by atoms with Crippen molar-refractivity contribution in [1.29, 1.82) is 0 Å². The van der Waals surface area contributed by atoms with Crippen molar-refractivity contribution in [3.63, 3.8) is 0 Å². The van der Waals surface area contributed by atoms with Crippen LogP contribution in [0.2, 0.25) is 0 Å². The van der Waals surface area contributed by atoms with Gasteiger partial charge in [-0.1, -0.05) is 6.07 Å². The van der Waals surface area contributed by atoms with Gasteiger partial charge >= 0.3 is 5.97 Å². The second-order valence-electron chi connectivity index (χ2n) is 4.07. The number of carboxylic acids is 1. The topological polar surface area (TPSA) is 85.4 Å². The first-order valence-corrected chi connectivity index (χ1v) is 5.69. The first-order valence-electron chi connectivity index (χ1n) is 5.69. The third-order valence-corrected chi connectivity index (χ3v) is 2.84. The van der Waals surface area contributed by atoms with Crippen molar-refractivity contribution < 1.29 is 14.8 Å². The molecule has 2 aromatic rings. The van der Waals surface area contributed by atoms with Crippen LogP contribution in [0, 0.1) is 10.1 Å². The summed E-state index contributed by atoms with van der Waals surface area (Å²) in [6.07, 6.45) is 4.27. The van der Waals surface area contributed by atoms with Gasteiger partial charge < -0.3 is 9.67 Å². The Morgan fingerprint density at radius 3 is 2.58 bits per heavy atom. The van der Waals surface area contributed by atoms with Crippen molar-refractivity contribution in [2.75, 3.05) is 0 Å². The average molecular weight is 260 g/mol. The maximum Gasteiger partial charge on any atom is 0.336 e. The molecule has 1 N–H and O–H groups in total. The summed E-state index contributed by atoms with van der Waals surface area (Å²) in [7, 11) is 0. The minimum Gasteiger partial charge on any atom is -0.478 e. The van der Waals surface area contributed by atoms with E-state index in [2.05, 4.69) is 0 Å². The number of nitro benzene ring substituents is 1. The zero-order valence-electron chi connectivity index (χ0n) is 10.0. The number of benzene rings is 1. The minimum absolute atomic E-state index is 0.0126. The molecule has 6 nitrogen and oxygen atoms in total. The van der Waals surface area contributed by atoms with E-state index in [1.54, 1.807) is 0 Å². The molecule has 0 atom stereocenters. The van der Waals surface area contributed by atoms with Gasteiger partial charge in [-0.25, -0.2) is 4.79 Å². The molecule has 19 heavy (non-hydrogen) atoms. The van der Waals surface area contributed by atoms with Crippen molar-refractivity contribution in [2.45, 2.75) is 13.0 Å². The van der Waals surface area contributed by atoms with Crippen LogP contribution < -0.4 is 0 Å². The number of carbonyl (C=O) groups is 1. The fourth-order valence-corrected chi connectivity index (χ4v) is 1.86. The molecular formula is C13H12N2O4. The Hall–Kier alpha value is -2.63. The molecule has 0 spiro atoms. The molecule has 0 unspecified atom stereocenters. The average Bonchev–Trinajstić information content (AvgIpc) is 2.89. The molecule has 1 aromatic heterocycles. The van der Waals surface area contributed by atoms with Gasteiger partial charge in [0.25, 0.3) is 5.69 Å². The van der Waals surface area contributed by atoms with Gasteiger partial charge in [0.05, 0.1) is 10.5 Å². The Morgan fingerprint density at radius 2 is 2.00 bits per heavy atom. The Bertz CT molecular complexity index is 605. The summed E-state index contributed by atoms with van der Waals surface area (Å²) >= 11 is 0. The quantitative estimate of drug-likeness (QED) is 0.660. The third-order valence-electron chi connectivity index (χ3n) is 2.84. The van der Waals surface area contributed by atoms with Gasteiger partial charge in [-0.05, 0) is 24.1 Å². The first-order chi connectivity index (χ1) is 9.08. The third kappa shape index (κ3) is 2.98. The van der Waals surface area contributed by atoms with Crippen LogP contribution >= 0.6 is 0 Å². The van der Waals surface area contributed by atoms with Crippen LogP contribution in [0.25, 0.3) is 0 Å². The SMILES string of the molecule is O=C(O)c1cc([N+](=O)[O-])ccc1CCn1cccc1. The smallest absolute Gasteiger partial charge is 0.336 e. The first kappa shape index (κ1) is 12.8. The fraction of sp³-hybridized carbons (Fsp3) is 0.154. The van der Waals surface area contributed by atoms with Crippen LogP contribution in [0.4, 0.5) is 5.69 Å². The Balaban J connectivity index is 2.24. The molecule has 1 heterocycles. The van der Waals surface area contributed by atoms with E-state index in [0.29, 0.717) is 18.5 Å². The number of carboxylic acid groups (broad SMARTS) is 1. The molecule has 0 aliphatic heterocycles. The number of aryl methyl sites for hydroxylation is 2. The lowest BCUT2D eigenvalue weighted by molar-refractivity contribution is -0.384. The van der Waals surface area contributed by atoms with Crippen LogP contribution in [-0.4, -0.2) is 20.6 Å². The van der Waals surface area contributed by atoms with Gasteiger partial charge in [0.1, 0.15) is 0 Å². The second kappa shape index (κ2) is 5.34. The Kier molecular flexibility index (Phi) is 3.61. The maximum absolute atomic E-state index is 11.1. The van der Waals surface area contributed by atoms with Crippen LogP contribution in [0.1, 0.15) is 15.9 Å². The van der Waals surface area contributed by atoms with Gasteiger partial charge in [-0.15, -0.1) is 0 Å². The number of rotatable bonds is 5. The second-order valence-corrected chi connectivity index (χ2v) is 4.07. The number of nitrogens with zero attached hydrogens (tertiary/aromatic N) is 2. The normalized spacial score (nSPS) is 10.3. The van der Waals surface area contributed by atoms with Crippen LogP contribution in [0.5, 0.6) is 0 Å². The monoisotopic (exact) mass is 260 g/mol. The lowest BCUT2D eigenvalue weighted by Crippen LogP contribution is -2.07. The highest BCUT2D eigenvalue weighted by atomic mass is 16.6. The van der Waals surface area contributed by atoms with Gasteiger partial charge in [0, 0.05) is 31.1 Å². The Morgan fingerprint density at radius 1 is 1.32 bits per heavy atom. The molecule has 0 fully saturated rings. The number of aromatic nitrogens is 1. The maximum atomic E-state index is 11.1. The van der Waals surface area contributed by atoms with E-state index in [-0.39, 0.29) is 11.3 Å². The number of hydrogen-bond donors (Lipinski definition) is 1. The molecule has 0 radical (unpaired) electrons. The standard InChI is InChI=1S/C13H12N2O4/c16-13(17)12-9-11(15(18)19)4-3-10(12)5-8-14-6-1-2-7-14/h1-4,6-7,9H,5,8H2,(H,16,17). The lowest BCUT2D eigenvalue weighted by atomic mass is 10.0. The summed E-state index contributed by atoms with van der Waals surface area (Å²) in [5.74, 6) is -1.15. The van der Waals surface area contributed by atoms with E-state index in [9.17, 15) is 14.9 Å². The van der Waals surface area contributed by atoms with Crippen molar-refractivity contribution in [3.05, 3.63) is 64.0 Å². The summed E-state index contributed by atoms with van der Waals surface area (Å²) in [5, 5.41) is 19.7. The fourth-order valence-electron chi connectivity index (χ4n) is 1.86. The molecule has 0 aliphatic carbocycles. The molecule has 2 rings (SSSR count). The zero-order valence-corrected chi connectivity index (χ0v) is 10.0. The van der Waals surface area contributed by atoms with Gasteiger partial charge in [0.2, 0.25) is 0 Å². The highest BCUT2D eigenvalue weighted by molar-refractivity contribution is 5.90. The molecule has 6 heteroatoms. The zero-order chi connectivity index (χ0) is 13.8. The highest BCUT2D eigenvalue weighted by Gasteiger charge is 2.15. The molecule has 0 amide bonds. The summed E-state index contributed by atoms with van der Waals surface area (Å²) in [4.78, 5) is 21.2. The number of hydrogen-bond acceptors (Lipinski definition) is 3. The molecule has 0 saturated carbocycles. The minimum atomic E-state index is -1.15. The lowest BCUT2D eigenvalue weighted by Gasteiger charge is -2.07. The van der Waals surface area contributed by atoms with Gasteiger partial charge in [-0.2, -0.15) is 0 Å². The predicted octanol–water partition coefficient (Wildman–Crippen LogP) is 2.34. The molecule has 1 aromatic carbocycles. The van der Waals surface area contributed by atoms with Crippen LogP contribution in [-0.2, 0) is 13.0 Å². The van der Waals surface area contributed by atoms with E-state index in [1.165, 1.54) is 12.1 Å². The van der Waals surface area contributed by atoms with E-state index in [0.717, 1.165) is 6.07 Å². The summed E-state index contributed by atoms with van der Waals surface area (Å²) in [6.45, 7) is 0.630. The Labute approximate surface area is 109 Å². The molecule has 0 aliphatic rings.